The number of hydrogen-bond donors (Lipinski definition) is 1. The van der Waals surface area contributed by atoms with Crippen LogP contribution in [0.25, 0.3) is 0 Å². The van der Waals surface area contributed by atoms with Crippen molar-refractivity contribution in [2.45, 2.75) is 0 Å². The van der Waals surface area contributed by atoms with Gasteiger partial charge in [-0.15, -0.1) is 5.10 Å². The molecule has 34 heavy (non-hydrogen) atoms. The molecule has 1 heterocycles. The van der Waals surface area contributed by atoms with E-state index in [0.717, 1.165) is 0 Å². The van der Waals surface area contributed by atoms with E-state index in [1.807, 2.05) is 12.1 Å². The minimum absolute atomic E-state index is 0.242. The first-order chi connectivity index (χ1) is 16.5. The van der Waals surface area contributed by atoms with Gasteiger partial charge in [0.1, 0.15) is 5.75 Å². The number of nitrogens with one attached hydrogen (secondary N) is 1. The second-order valence-electron chi connectivity index (χ2n) is 7.07. The van der Waals surface area contributed by atoms with Crippen molar-refractivity contribution in [1.82, 2.24) is 0 Å². The van der Waals surface area contributed by atoms with Crippen molar-refractivity contribution in [3.63, 3.8) is 0 Å². The number of hydrogen-bond acceptors (Lipinski definition) is 8. The molecule has 1 aliphatic rings. The van der Waals surface area contributed by atoms with Crippen molar-refractivity contribution < 1.29 is 28.5 Å². The maximum atomic E-state index is 12.6. The van der Waals surface area contributed by atoms with Crippen LogP contribution in [0.2, 0.25) is 0 Å². The standard InChI is InChI=1S/C25H21N3O6/c1-31-20-12-16(13-21(32-2)23(20)33-3)25(30)34-17-10-8-15(9-11-17)14-26-28-22-18-6-4-5-7-19(18)27-24(22)29/h4-14H,1-3H3,(H,27,28,29)/b26-14+. The average molecular weight is 459 g/mol. The van der Waals surface area contributed by atoms with Gasteiger partial charge in [-0.25, -0.2) is 4.79 Å². The first-order valence-corrected chi connectivity index (χ1v) is 10.2. The van der Waals surface area contributed by atoms with Crippen LogP contribution in [0.5, 0.6) is 23.0 Å². The molecule has 172 valence electrons. The molecule has 0 bridgehead atoms. The predicted molar refractivity (Wildman–Crippen MR) is 127 cm³/mol. The van der Waals surface area contributed by atoms with Crippen LogP contribution in [0.15, 0.2) is 70.9 Å². The van der Waals surface area contributed by atoms with Gasteiger partial charge in [-0.1, -0.05) is 18.2 Å². The molecule has 4 rings (SSSR count). The molecule has 0 aromatic heterocycles. The van der Waals surface area contributed by atoms with Crippen molar-refractivity contribution in [2.24, 2.45) is 10.2 Å². The number of amides is 1. The number of ether oxygens (including phenoxy) is 4. The molecule has 3 aromatic carbocycles. The lowest BCUT2D eigenvalue weighted by atomic mass is 10.1. The second kappa shape index (κ2) is 9.86. The van der Waals surface area contributed by atoms with Crippen molar-refractivity contribution >= 4 is 29.5 Å². The summed E-state index contributed by atoms with van der Waals surface area (Å²) in [6.45, 7) is 0. The lowest BCUT2D eigenvalue weighted by molar-refractivity contribution is -0.110. The molecular weight excluding hydrogens is 438 g/mol. The lowest BCUT2D eigenvalue weighted by Crippen LogP contribution is -2.13. The molecule has 0 saturated carbocycles. The van der Waals surface area contributed by atoms with Gasteiger partial charge in [0.05, 0.1) is 38.8 Å². The van der Waals surface area contributed by atoms with E-state index >= 15 is 0 Å². The Hall–Kier alpha value is -4.66. The van der Waals surface area contributed by atoms with Gasteiger partial charge in [0, 0.05) is 5.56 Å². The molecule has 0 aliphatic carbocycles. The first-order valence-electron chi connectivity index (χ1n) is 10.2. The number of para-hydroxylation sites is 1. The highest BCUT2D eigenvalue weighted by Gasteiger charge is 2.25. The Kier molecular flexibility index (Phi) is 6.54. The quantitative estimate of drug-likeness (QED) is 0.250. The van der Waals surface area contributed by atoms with Gasteiger partial charge in [-0.3, -0.25) is 4.79 Å². The van der Waals surface area contributed by atoms with Gasteiger partial charge >= 0.3 is 5.97 Å². The van der Waals surface area contributed by atoms with Gasteiger partial charge < -0.3 is 24.3 Å². The van der Waals surface area contributed by atoms with Crippen molar-refractivity contribution in [2.75, 3.05) is 26.6 Å². The van der Waals surface area contributed by atoms with E-state index in [-0.39, 0.29) is 17.2 Å². The Balaban J connectivity index is 1.45. The number of carbonyl (C=O) groups is 2. The monoisotopic (exact) mass is 459 g/mol. The molecule has 1 aliphatic heterocycles. The molecule has 0 atom stereocenters. The SMILES string of the molecule is COc1cc(C(=O)Oc2ccc(/C=N/N=C3/C(=O)Nc4ccccc43)cc2)cc(OC)c1OC. The summed E-state index contributed by atoms with van der Waals surface area (Å²) in [6, 6.07) is 17.0. The Morgan fingerprint density at radius 1 is 0.912 bits per heavy atom. The number of carbonyl (C=O) groups excluding carboxylic acids is 2. The minimum Gasteiger partial charge on any atom is -0.493 e. The maximum absolute atomic E-state index is 12.6. The van der Waals surface area contributed by atoms with Crippen LogP contribution in [-0.2, 0) is 4.79 Å². The lowest BCUT2D eigenvalue weighted by Gasteiger charge is -2.13. The van der Waals surface area contributed by atoms with Crippen LogP contribution in [0.1, 0.15) is 21.5 Å². The van der Waals surface area contributed by atoms with E-state index in [2.05, 4.69) is 15.5 Å². The van der Waals surface area contributed by atoms with Crippen LogP contribution in [0.4, 0.5) is 5.69 Å². The number of anilines is 1. The molecule has 9 heteroatoms. The summed E-state index contributed by atoms with van der Waals surface area (Å²) in [5, 5.41) is 10.8. The predicted octanol–water partition coefficient (Wildman–Crippen LogP) is 3.71. The Labute approximate surface area is 195 Å². The summed E-state index contributed by atoms with van der Waals surface area (Å²) in [5.74, 6) is 0.533. The molecule has 0 radical (unpaired) electrons. The third kappa shape index (κ3) is 4.58. The smallest absolute Gasteiger partial charge is 0.343 e. The minimum atomic E-state index is -0.585. The zero-order valence-corrected chi connectivity index (χ0v) is 18.7. The van der Waals surface area contributed by atoms with Crippen LogP contribution >= 0.6 is 0 Å². The molecule has 3 aromatic rings. The average Bonchev–Trinajstić information content (AvgIpc) is 3.18. The fourth-order valence-electron chi connectivity index (χ4n) is 3.34. The zero-order valence-electron chi connectivity index (χ0n) is 18.7. The fourth-order valence-corrected chi connectivity index (χ4v) is 3.34. The summed E-state index contributed by atoms with van der Waals surface area (Å²) >= 11 is 0. The maximum Gasteiger partial charge on any atom is 0.343 e. The Morgan fingerprint density at radius 2 is 1.59 bits per heavy atom. The van der Waals surface area contributed by atoms with Gasteiger partial charge in [0.25, 0.3) is 5.91 Å². The van der Waals surface area contributed by atoms with E-state index in [1.54, 1.807) is 36.4 Å². The normalized spacial score (nSPS) is 13.5. The summed E-state index contributed by atoms with van der Waals surface area (Å²) in [5.41, 5.74) is 2.62. The highest BCUT2D eigenvalue weighted by atomic mass is 16.5. The molecule has 0 unspecified atom stereocenters. The molecular formula is C25H21N3O6. The van der Waals surface area contributed by atoms with E-state index < -0.39 is 5.97 Å². The summed E-state index contributed by atoms with van der Waals surface area (Å²) < 4.78 is 21.3. The van der Waals surface area contributed by atoms with Gasteiger partial charge in [0.15, 0.2) is 17.2 Å². The molecule has 1 amide bonds. The second-order valence-corrected chi connectivity index (χ2v) is 7.07. The number of fused-ring (bicyclic) bond motifs is 1. The molecule has 0 fully saturated rings. The third-order valence-corrected chi connectivity index (χ3v) is 5.00. The number of nitrogens with zero attached hydrogens (tertiary/aromatic N) is 2. The van der Waals surface area contributed by atoms with E-state index in [9.17, 15) is 9.59 Å². The summed E-state index contributed by atoms with van der Waals surface area (Å²) in [4.78, 5) is 24.7. The Bertz CT molecular complexity index is 1270. The first kappa shape index (κ1) is 22.5. The number of methoxy groups -OCH3 is 3. The third-order valence-electron chi connectivity index (χ3n) is 5.00. The van der Waals surface area contributed by atoms with Gasteiger partial charge in [-0.2, -0.15) is 5.10 Å². The van der Waals surface area contributed by atoms with Gasteiger partial charge in [-0.05, 0) is 48.0 Å². The highest BCUT2D eigenvalue weighted by molar-refractivity contribution is 6.53. The summed E-state index contributed by atoms with van der Waals surface area (Å²) in [6.07, 6.45) is 1.51. The zero-order chi connectivity index (χ0) is 24.1. The molecule has 0 spiro atoms. The van der Waals surface area contributed by atoms with E-state index in [0.29, 0.717) is 39.8 Å². The number of rotatable bonds is 7. The van der Waals surface area contributed by atoms with Crippen LogP contribution in [0, 0.1) is 0 Å². The summed E-state index contributed by atoms with van der Waals surface area (Å²) in [7, 11) is 4.42. The highest BCUT2D eigenvalue weighted by Crippen LogP contribution is 2.38. The van der Waals surface area contributed by atoms with Crippen molar-refractivity contribution in [3.8, 4) is 23.0 Å². The largest absolute Gasteiger partial charge is 0.493 e. The van der Waals surface area contributed by atoms with Crippen LogP contribution < -0.4 is 24.3 Å². The molecule has 9 nitrogen and oxygen atoms in total. The number of esters is 1. The van der Waals surface area contributed by atoms with Crippen molar-refractivity contribution in [3.05, 3.63) is 77.4 Å². The van der Waals surface area contributed by atoms with Crippen LogP contribution in [-0.4, -0.2) is 45.1 Å². The Morgan fingerprint density at radius 3 is 2.24 bits per heavy atom. The fraction of sp³-hybridized carbons (Fsp3) is 0.120. The van der Waals surface area contributed by atoms with E-state index in [1.165, 1.54) is 39.7 Å². The van der Waals surface area contributed by atoms with Crippen molar-refractivity contribution in [1.29, 1.82) is 0 Å². The van der Waals surface area contributed by atoms with Gasteiger partial charge in [0.2, 0.25) is 5.75 Å². The molecule has 0 saturated heterocycles. The molecule has 1 N–H and O–H groups in total. The van der Waals surface area contributed by atoms with E-state index in [4.69, 9.17) is 18.9 Å². The number of benzene rings is 3. The topological polar surface area (TPSA) is 108 Å². The van der Waals surface area contributed by atoms with Crippen LogP contribution in [0.3, 0.4) is 0 Å².